The second-order valence-electron chi connectivity index (χ2n) is 8.26. The van der Waals surface area contributed by atoms with Gasteiger partial charge in [-0.05, 0) is 17.7 Å². The number of carbonyl (C=O) groups excluding carboxylic acids is 1. The van der Waals surface area contributed by atoms with Crippen molar-refractivity contribution in [2.75, 3.05) is 18.1 Å². The minimum Gasteiger partial charge on any atom is -0.386 e. The molecule has 0 aliphatic rings. The van der Waals surface area contributed by atoms with E-state index in [1.807, 2.05) is 10.8 Å². The van der Waals surface area contributed by atoms with E-state index in [4.69, 9.17) is 39.3 Å². The van der Waals surface area contributed by atoms with E-state index in [-0.39, 0.29) is 23.7 Å². The van der Waals surface area contributed by atoms with Crippen molar-refractivity contribution in [1.29, 1.82) is 0 Å². The van der Waals surface area contributed by atoms with Gasteiger partial charge in [-0.3, -0.25) is 4.79 Å². The number of thioether (sulfide) groups is 2. The lowest BCUT2D eigenvalue weighted by Crippen LogP contribution is -2.25. The molecule has 0 bridgehead atoms. The van der Waals surface area contributed by atoms with E-state index in [1.165, 1.54) is 34.4 Å². The van der Waals surface area contributed by atoms with Crippen LogP contribution in [-0.4, -0.2) is 60.1 Å². The molecule has 2 aromatic heterocycles. The van der Waals surface area contributed by atoms with Crippen LogP contribution in [-0.2, 0) is 21.7 Å². The molecule has 18 nitrogen and oxygen atoms in total. The van der Waals surface area contributed by atoms with Crippen LogP contribution in [0.3, 0.4) is 0 Å². The average Bonchev–Trinajstić information content (AvgIpc) is 3.59. The Bertz CT molecular complexity index is 1640. The second kappa shape index (κ2) is 19.3. The number of nitrogens with zero attached hydrogens (tertiary/aromatic N) is 8. The molecule has 242 valence electrons. The van der Waals surface area contributed by atoms with Crippen molar-refractivity contribution in [3.05, 3.63) is 62.4 Å². The first-order valence-electron chi connectivity index (χ1n) is 12.4. The Balaban J connectivity index is 0.000000322. The molecule has 0 atom stereocenters. The summed E-state index contributed by atoms with van der Waals surface area (Å²) < 4.78 is 24.5. The highest BCUT2D eigenvalue weighted by molar-refractivity contribution is 7.98. The summed E-state index contributed by atoms with van der Waals surface area (Å²) in [6.07, 6.45) is 0.325. The molecule has 0 aliphatic heterocycles. The Kier molecular flexibility index (Phi) is 15.9. The van der Waals surface area contributed by atoms with Gasteiger partial charge in [0.15, 0.2) is 11.9 Å². The van der Waals surface area contributed by atoms with Crippen molar-refractivity contribution in [1.82, 2.24) is 15.3 Å². The highest BCUT2D eigenvalue weighted by atomic mass is 32.2. The number of aliphatic imine (C=N–C) groups is 2. The van der Waals surface area contributed by atoms with Gasteiger partial charge in [-0.1, -0.05) is 17.2 Å². The number of azide groups is 1. The van der Waals surface area contributed by atoms with Crippen molar-refractivity contribution in [3.63, 3.8) is 0 Å². The van der Waals surface area contributed by atoms with Crippen LogP contribution in [0.4, 0.5) is 16.0 Å². The van der Waals surface area contributed by atoms with Crippen molar-refractivity contribution in [2.45, 2.75) is 17.9 Å². The third-order valence-electron chi connectivity index (χ3n) is 4.60. The van der Waals surface area contributed by atoms with Gasteiger partial charge < -0.3 is 34.0 Å². The van der Waals surface area contributed by atoms with Crippen LogP contribution in [0.2, 0.25) is 0 Å². The third kappa shape index (κ3) is 16.5. The highest BCUT2D eigenvalue weighted by Gasteiger charge is 2.06. The fourth-order valence-electron chi connectivity index (χ4n) is 2.86. The van der Waals surface area contributed by atoms with Gasteiger partial charge in [0, 0.05) is 62.9 Å². The summed E-state index contributed by atoms with van der Waals surface area (Å²) in [5.74, 6) is 2.47. The monoisotopic (exact) mass is 713 g/mol. The van der Waals surface area contributed by atoms with E-state index in [0.717, 1.165) is 17.1 Å². The van der Waals surface area contributed by atoms with Crippen LogP contribution >= 0.6 is 46.2 Å². The maximum absolute atomic E-state index is 12.0. The molecule has 0 fully saturated rings. The maximum Gasteiger partial charge on any atom is 0.318 e. The van der Waals surface area contributed by atoms with Crippen LogP contribution in [0, 0.1) is 0 Å². The number of guanidine groups is 2. The number of amides is 1. The standard InChI is InChI=1S/C14H16N8OS2.C8H15N7O2S3/c15-13(16)20-14-19-11(8-25-14)7-24-6-5-18-12(23)9-1-3-10(4-2-9)21-22-17;9-6(15-20(12,16)17)1-2-18-3-5-4-19-8(13-5)14-7(10)11/h1-4,8H,5-7H2,(H,18,23)(H4,15,16,19,20);4H,1-3H2,(H2,9,15)(H2,12,16,17)(H4,10,11,13,14). The summed E-state index contributed by atoms with van der Waals surface area (Å²) >= 11 is 5.89. The lowest BCUT2D eigenvalue weighted by atomic mass is 10.2. The van der Waals surface area contributed by atoms with E-state index in [1.54, 1.807) is 36.0 Å². The summed E-state index contributed by atoms with van der Waals surface area (Å²) in [6.45, 7) is 0.534. The predicted octanol–water partition coefficient (Wildman–Crippen LogP) is 1.89. The van der Waals surface area contributed by atoms with Crippen molar-refractivity contribution >= 4 is 96.0 Å². The quantitative estimate of drug-likeness (QED) is 0.0296. The summed E-state index contributed by atoms with van der Waals surface area (Å²) in [7, 11) is -3.92. The Morgan fingerprint density at radius 3 is 1.93 bits per heavy atom. The number of nitrogens with two attached hydrogens (primary N) is 6. The molecule has 1 amide bonds. The molecule has 2 heterocycles. The zero-order chi connectivity index (χ0) is 33.2. The molecule has 0 saturated carbocycles. The summed E-state index contributed by atoms with van der Waals surface area (Å²) in [5.41, 5.74) is 37.6. The number of carbonyl (C=O) groups is 1. The van der Waals surface area contributed by atoms with Crippen LogP contribution in [0.15, 0.2) is 54.5 Å². The van der Waals surface area contributed by atoms with Crippen LogP contribution in [0.5, 0.6) is 0 Å². The fourth-order valence-corrected chi connectivity index (χ4v) is 6.50. The van der Waals surface area contributed by atoms with E-state index >= 15 is 0 Å². The van der Waals surface area contributed by atoms with Gasteiger partial charge in [-0.25, -0.2) is 15.1 Å². The fraction of sp³-hybridized carbons (Fsp3) is 0.273. The van der Waals surface area contributed by atoms with E-state index in [0.29, 0.717) is 51.7 Å². The molecule has 3 rings (SSSR count). The van der Waals surface area contributed by atoms with Gasteiger partial charge >= 0.3 is 10.2 Å². The number of hydrogen-bond donors (Lipinski definition) is 7. The summed E-state index contributed by atoms with van der Waals surface area (Å²) in [6, 6.07) is 6.43. The Labute approximate surface area is 275 Å². The molecule has 1 aromatic carbocycles. The van der Waals surface area contributed by atoms with Gasteiger partial charge in [0.1, 0.15) is 5.84 Å². The largest absolute Gasteiger partial charge is 0.386 e. The smallest absolute Gasteiger partial charge is 0.318 e. The molecular formula is C22H31N15O3S5. The summed E-state index contributed by atoms with van der Waals surface area (Å²) in [5, 5.41) is 15.8. The highest BCUT2D eigenvalue weighted by Crippen LogP contribution is 2.23. The first-order chi connectivity index (χ1) is 21.3. The molecule has 0 unspecified atom stereocenters. The minimum absolute atomic E-state index is 0.0104. The number of aromatic nitrogens is 2. The molecular weight excluding hydrogens is 683 g/mol. The van der Waals surface area contributed by atoms with Crippen molar-refractivity contribution in [2.24, 2.45) is 53.3 Å². The van der Waals surface area contributed by atoms with Gasteiger partial charge in [-0.15, -0.1) is 27.1 Å². The van der Waals surface area contributed by atoms with E-state index < -0.39 is 10.2 Å². The number of thiazole rings is 2. The molecule has 0 spiro atoms. The lowest BCUT2D eigenvalue weighted by Gasteiger charge is -2.05. The minimum atomic E-state index is -3.92. The molecule has 0 aliphatic carbocycles. The Hall–Kier alpha value is -4.12. The average molecular weight is 714 g/mol. The molecule has 23 heteroatoms. The number of rotatable bonds is 15. The molecule has 45 heavy (non-hydrogen) atoms. The predicted molar refractivity (Wildman–Crippen MR) is 184 cm³/mol. The van der Waals surface area contributed by atoms with Crippen LogP contribution < -0.4 is 39.1 Å². The number of hydrogen-bond acceptors (Lipinski definition) is 12. The van der Waals surface area contributed by atoms with Crippen LogP contribution in [0.25, 0.3) is 10.4 Å². The van der Waals surface area contributed by atoms with Crippen LogP contribution in [0.1, 0.15) is 28.2 Å². The normalized spacial score (nSPS) is 11.0. The van der Waals surface area contributed by atoms with Crippen molar-refractivity contribution < 1.29 is 13.2 Å². The zero-order valence-electron chi connectivity index (χ0n) is 23.5. The van der Waals surface area contributed by atoms with E-state index in [2.05, 4.69) is 39.7 Å². The molecule has 0 radical (unpaired) electrons. The maximum atomic E-state index is 12.0. The lowest BCUT2D eigenvalue weighted by molar-refractivity contribution is 0.0956. The molecule has 13 N–H and O–H groups in total. The van der Waals surface area contributed by atoms with Crippen molar-refractivity contribution in [3.8, 4) is 0 Å². The number of nitrogens with one attached hydrogen (secondary N) is 1. The topological polar surface area (TPSA) is 331 Å². The third-order valence-corrected chi connectivity index (χ3v) is 8.64. The van der Waals surface area contributed by atoms with Gasteiger partial charge in [0.2, 0.25) is 10.3 Å². The second-order valence-corrected chi connectivity index (χ2v) is 13.4. The van der Waals surface area contributed by atoms with Gasteiger partial charge in [-0.2, -0.15) is 41.9 Å². The summed E-state index contributed by atoms with van der Waals surface area (Å²) in [4.78, 5) is 30.9. The Morgan fingerprint density at radius 1 is 0.911 bits per heavy atom. The number of benzene rings is 1. The van der Waals surface area contributed by atoms with Gasteiger partial charge in [0.05, 0.1) is 11.4 Å². The first-order valence-corrected chi connectivity index (χ1v) is 18.0. The Morgan fingerprint density at radius 2 is 1.44 bits per heavy atom. The number of amidine groups is 1. The van der Waals surface area contributed by atoms with Gasteiger partial charge in [0.25, 0.3) is 5.91 Å². The zero-order valence-corrected chi connectivity index (χ0v) is 27.6. The molecule has 3 aromatic rings. The first kappa shape index (κ1) is 37.1. The molecule has 0 saturated heterocycles. The van der Waals surface area contributed by atoms with E-state index in [9.17, 15) is 13.2 Å². The SMILES string of the molecule is NC(N)=Nc1nc(CSCC/C(N)=N/S(N)(=O)=O)cs1.[N-]=[N+]=Nc1ccc(C(=O)NCCSCc2csc(N=C(N)N)n2)cc1.